The minimum Gasteiger partial charge on any atom is -0.497 e. The lowest BCUT2D eigenvalue weighted by atomic mass is 9.95. The maximum atomic E-state index is 12.3. The number of fused-ring (bicyclic) bond motifs is 1. The van der Waals surface area contributed by atoms with Gasteiger partial charge in [0.05, 0.1) is 19.5 Å². The molecule has 0 spiro atoms. The number of nitrogens with one attached hydrogen (secondary N) is 1. The summed E-state index contributed by atoms with van der Waals surface area (Å²) in [7, 11) is 1.58. The van der Waals surface area contributed by atoms with Gasteiger partial charge in [0.2, 0.25) is 5.91 Å². The first-order valence-corrected chi connectivity index (χ1v) is 7.76. The third-order valence-corrected chi connectivity index (χ3v) is 4.29. The van der Waals surface area contributed by atoms with Gasteiger partial charge in [-0.3, -0.25) is 4.79 Å². The highest BCUT2D eigenvalue weighted by Crippen LogP contribution is 2.21. The lowest BCUT2D eigenvalue weighted by Crippen LogP contribution is -2.37. The summed E-state index contributed by atoms with van der Waals surface area (Å²) in [6.07, 6.45) is 4.36. The Hall–Kier alpha value is -2.34. The van der Waals surface area contributed by atoms with Crippen LogP contribution in [-0.2, 0) is 17.8 Å². The number of methoxy groups -OCH3 is 1. The van der Waals surface area contributed by atoms with Crippen molar-refractivity contribution < 1.29 is 14.6 Å². The predicted molar refractivity (Wildman–Crippen MR) is 85.0 cm³/mol. The molecule has 2 unspecified atom stereocenters. The number of aromatic nitrogens is 2. The molecule has 23 heavy (non-hydrogen) atoms. The number of imidazole rings is 1. The first-order valence-electron chi connectivity index (χ1n) is 7.76. The van der Waals surface area contributed by atoms with Crippen molar-refractivity contribution in [3.63, 3.8) is 0 Å². The molecule has 2 heterocycles. The van der Waals surface area contributed by atoms with Crippen molar-refractivity contribution >= 4 is 5.91 Å². The van der Waals surface area contributed by atoms with E-state index < -0.39 is 6.10 Å². The second kappa shape index (κ2) is 6.83. The zero-order chi connectivity index (χ0) is 16.2. The summed E-state index contributed by atoms with van der Waals surface area (Å²) in [5, 5.41) is 13.1. The summed E-state index contributed by atoms with van der Waals surface area (Å²) >= 11 is 0. The summed E-state index contributed by atoms with van der Waals surface area (Å²) in [5.74, 6) is 0.615. The largest absolute Gasteiger partial charge is 0.497 e. The van der Waals surface area contributed by atoms with E-state index in [-0.39, 0.29) is 18.4 Å². The number of hydrogen-bond acceptors (Lipinski definition) is 4. The topological polar surface area (TPSA) is 76.4 Å². The average molecular weight is 315 g/mol. The molecule has 0 radical (unpaired) electrons. The highest BCUT2D eigenvalue weighted by atomic mass is 16.5. The number of ether oxygens (including phenoxy) is 1. The number of nitrogens with zero attached hydrogens (tertiary/aromatic N) is 2. The molecule has 3 rings (SSSR count). The predicted octanol–water partition coefficient (Wildman–Crippen LogP) is 1.30. The Morgan fingerprint density at radius 1 is 1.57 bits per heavy atom. The van der Waals surface area contributed by atoms with Crippen LogP contribution in [0.1, 0.15) is 23.8 Å². The van der Waals surface area contributed by atoms with E-state index in [1.54, 1.807) is 19.5 Å². The van der Waals surface area contributed by atoms with Crippen molar-refractivity contribution in [3.8, 4) is 5.75 Å². The zero-order valence-corrected chi connectivity index (χ0v) is 13.1. The van der Waals surface area contributed by atoms with Crippen LogP contribution in [0.4, 0.5) is 0 Å². The average Bonchev–Trinajstić information content (AvgIpc) is 3.07. The fraction of sp³-hybridized carbons (Fsp3) is 0.412. The Bertz CT molecular complexity index is 683. The molecule has 1 aromatic carbocycles. The number of carbonyl (C=O) groups is 1. The van der Waals surface area contributed by atoms with E-state index in [4.69, 9.17) is 4.74 Å². The molecule has 6 heteroatoms. The molecule has 0 bridgehead atoms. The molecular weight excluding hydrogens is 294 g/mol. The number of amides is 1. The van der Waals surface area contributed by atoms with E-state index in [1.807, 2.05) is 24.4 Å². The van der Waals surface area contributed by atoms with E-state index in [9.17, 15) is 9.90 Å². The van der Waals surface area contributed by atoms with Crippen LogP contribution < -0.4 is 10.1 Å². The Morgan fingerprint density at radius 3 is 3.26 bits per heavy atom. The molecule has 2 aromatic rings. The van der Waals surface area contributed by atoms with Gasteiger partial charge in [-0.05, 0) is 24.1 Å². The van der Waals surface area contributed by atoms with E-state index in [2.05, 4.69) is 14.9 Å². The van der Waals surface area contributed by atoms with Crippen molar-refractivity contribution in [1.82, 2.24) is 14.9 Å². The fourth-order valence-electron chi connectivity index (χ4n) is 2.90. The zero-order valence-electron chi connectivity index (χ0n) is 13.1. The molecule has 122 valence electrons. The maximum Gasteiger partial charge on any atom is 0.223 e. The first kappa shape index (κ1) is 15.6. The van der Waals surface area contributed by atoms with Gasteiger partial charge in [0, 0.05) is 37.3 Å². The number of carbonyl (C=O) groups excluding carboxylic acids is 1. The summed E-state index contributed by atoms with van der Waals surface area (Å²) < 4.78 is 7.22. The van der Waals surface area contributed by atoms with Gasteiger partial charge in [0.25, 0.3) is 0 Å². The Balaban J connectivity index is 1.54. The number of aliphatic hydroxyl groups is 1. The number of hydrogen-bond donors (Lipinski definition) is 2. The second-order valence-corrected chi connectivity index (χ2v) is 5.81. The molecule has 1 aliphatic heterocycles. The van der Waals surface area contributed by atoms with Gasteiger partial charge in [-0.2, -0.15) is 0 Å². The molecule has 2 atom stereocenters. The van der Waals surface area contributed by atoms with E-state index >= 15 is 0 Å². The smallest absolute Gasteiger partial charge is 0.223 e. The molecule has 0 saturated carbocycles. The third kappa shape index (κ3) is 3.53. The molecule has 1 aliphatic rings. The second-order valence-electron chi connectivity index (χ2n) is 5.81. The Morgan fingerprint density at radius 2 is 2.43 bits per heavy atom. The number of rotatable bonds is 5. The molecule has 0 saturated heterocycles. The third-order valence-electron chi connectivity index (χ3n) is 4.29. The minimum atomic E-state index is -0.747. The lowest BCUT2D eigenvalue weighted by Gasteiger charge is -2.23. The molecule has 1 aromatic heterocycles. The summed E-state index contributed by atoms with van der Waals surface area (Å²) in [5.41, 5.74) is 1.82. The SMILES string of the molecule is COc1cccc(C(O)CNC(=O)C2CCn3cncc3C2)c1. The first-order chi connectivity index (χ1) is 11.2. The summed E-state index contributed by atoms with van der Waals surface area (Å²) in [6.45, 7) is 1.01. The Kier molecular flexibility index (Phi) is 4.62. The monoisotopic (exact) mass is 315 g/mol. The number of aryl methyl sites for hydroxylation is 1. The van der Waals surface area contributed by atoms with Crippen molar-refractivity contribution in [2.75, 3.05) is 13.7 Å². The van der Waals surface area contributed by atoms with Crippen molar-refractivity contribution in [1.29, 1.82) is 0 Å². The normalized spacial score (nSPS) is 18.1. The van der Waals surface area contributed by atoms with E-state index in [0.29, 0.717) is 12.2 Å². The highest BCUT2D eigenvalue weighted by Gasteiger charge is 2.25. The van der Waals surface area contributed by atoms with Crippen LogP contribution in [0, 0.1) is 5.92 Å². The molecule has 0 aliphatic carbocycles. The van der Waals surface area contributed by atoms with Gasteiger partial charge in [-0.25, -0.2) is 4.98 Å². The fourth-order valence-corrected chi connectivity index (χ4v) is 2.90. The summed E-state index contributed by atoms with van der Waals surface area (Å²) in [6, 6.07) is 7.23. The summed E-state index contributed by atoms with van der Waals surface area (Å²) in [4.78, 5) is 16.4. The van der Waals surface area contributed by atoms with Gasteiger partial charge in [0.1, 0.15) is 5.75 Å². The highest BCUT2D eigenvalue weighted by molar-refractivity contribution is 5.79. The maximum absolute atomic E-state index is 12.3. The standard InChI is InChI=1S/C17H21N3O3/c1-23-15-4-2-3-12(8-15)16(21)10-19-17(22)13-5-6-20-11-18-9-14(20)7-13/h2-4,8-9,11,13,16,21H,5-7,10H2,1H3,(H,19,22). The minimum absolute atomic E-state index is 0.0144. The molecule has 6 nitrogen and oxygen atoms in total. The van der Waals surface area contributed by atoms with Gasteiger partial charge in [0.15, 0.2) is 0 Å². The molecule has 2 N–H and O–H groups in total. The van der Waals surface area contributed by atoms with Crippen LogP contribution in [0.5, 0.6) is 5.75 Å². The quantitative estimate of drug-likeness (QED) is 0.872. The van der Waals surface area contributed by atoms with Gasteiger partial charge in [-0.1, -0.05) is 12.1 Å². The van der Waals surface area contributed by atoms with Crippen molar-refractivity contribution in [2.45, 2.75) is 25.5 Å². The molecule has 0 fully saturated rings. The van der Waals surface area contributed by atoms with Gasteiger partial charge >= 0.3 is 0 Å². The van der Waals surface area contributed by atoms with E-state index in [1.165, 1.54) is 0 Å². The van der Waals surface area contributed by atoms with E-state index in [0.717, 1.165) is 24.2 Å². The van der Waals surface area contributed by atoms with Crippen LogP contribution in [0.3, 0.4) is 0 Å². The van der Waals surface area contributed by atoms with Gasteiger partial charge in [-0.15, -0.1) is 0 Å². The van der Waals surface area contributed by atoms with Crippen LogP contribution in [0.25, 0.3) is 0 Å². The van der Waals surface area contributed by atoms with Crippen LogP contribution in [-0.4, -0.2) is 34.2 Å². The van der Waals surface area contributed by atoms with Crippen LogP contribution in [0.2, 0.25) is 0 Å². The Labute approximate surface area is 135 Å². The van der Waals surface area contributed by atoms with Crippen LogP contribution >= 0.6 is 0 Å². The number of aliphatic hydroxyl groups excluding tert-OH is 1. The van der Waals surface area contributed by atoms with Gasteiger partial charge < -0.3 is 19.7 Å². The molecular formula is C17H21N3O3. The number of benzene rings is 1. The lowest BCUT2D eigenvalue weighted by molar-refractivity contribution is -0.126. The van der Waals surface area contributed by atoms with Crippen molar-refractivity contribution in [3.05, 3.63) is 48.0 Å². The van der Waals surface area contributed by atoms with Crippen LogP contribution in [0.15, 0.2) is 36.8 Å². The molecule has 1 amide bonds. The van der Waals surface area contributed by atoms with Crippen molar-refractivity contribution in [2.24, 2.45) is 5.92 Å².